The van der Waals surface area contributed by atoms with Crippen molar-refractivity contribution in [3.63, 3.8) is 0 Å². The van der Waals surface area contributed by atoms with Gasteiger partial charge in [0.1, 0.15) is 0 Å². The summed E-state index contributed by atoms with van der Waals surface area (Å²) in [5.41, 5.74) is 3.32. The topological polar surface area (TPSA) is 52.6 Å². The predicted octanol–water partition coefficient (Wildman–Crippen LogP) is 4.15. The minimum Gasteiger partial charge on any atom is -0.355 e. The van der Waals surface area contributed by atoms with Crippen LogP contribution in [0.2, 0.25) is 0 Å². The van der Waals surface area contributed by atoms with Crippen LogP contribution in [0.25, 0.3) is 11.3 Å². The van der Waals surface area contributed by atoms with E-state index in [1.54, 1.807) is 0 Å². The van der Waals surface area contributed by atoms with Crippen LogP contribution in [0, 0.1) is 0 Å². The lowest BCUT2D eigenvalue weighted by atomic mass is 10.1. The Morgan fingerprint density at radius 3 is 2.39 bits per heavy atom. The van der Waals surface area contributed by atoms with Crippen molar-refractivity contribution in [3.05, 3.63) is 54.2 Å². The van der Waals surface area contributed by atoms with Gasteiger partial charge in [0, 0.05) is 50.5 Å². The molecule has 6 heteroatoms. The van der Waals surface area contributed by atoms with Gasteiger partial charge >= 0.3 is 0 Å². The Bertz CT molecular complexity index is 708. The van der Waals surface area contributed by atoms with Crippen molar-refractivity contribution in [3.8, 4) is 11.3 Å². The van der Waals surface area contributed by atoms with Crippen LogP contribution in [0.15, 0.2) is 53.7 Å². The number of benzene rings is 1. The van der Waals surface area contributed by atoms with Gasteiger partial charge in [0.15, 0.2) is 5.96 Å². The molecule has 0 radical (unpaired) electrons. The number of nitrogens with zero attached hydrogens (tertiary/aromatic N) is 3. The lowest BCUT2D eigenvalue weighted by Gasteiger charge is -2.30. The van der Waals surface area contributed by atoms with Crippen LogP contribution in [0.4, 0.5) is 0 Å². The normalized spacial score (nSPS) is 11.6. The van der Waals surface area contributed by atoms with Gasteiger partial charge in [0.05, 0.1) is 5.69 Å². The highest BCUT2D eigenvalue weighted by Gasteiger charge is 2.12. The maximum atomic E-state index is 4.43. The molecule has 0 spiro atoms. The van der Waals surface area contributed by atoms with Crippen molar-refractivity contribution in [1.82, 2.24) is 20.5 Å². The summed E-state index contributed by atoms with van der Waals surface area (Å²) in [6.45, 7) is 11.5. The Hall–Kier alpha value is -1.67. The van der Waals surface area contributed by atoms with Crippen LogP contribution in [-0.2, 0) is 6.54 Å². The number of nitrogens with one attached hydrogen (secondary N) is 2. The third kappa shape index (κ3) is 7.75. The van der Waals surface area contributed by atoms with Gasteiger partial charge in [-0.05, 0) is 51.5 Å². The molecule has 0 atom stereocenters. The second-order valence-electron chi connectivity index (χ2n) is 7.19. The highest BCUT2D eigenvalue weighted by atomic mass is 127. The van der Waals surface area contributed by atoms with Crippen molar-refractivity contribution in [2.75, 3.05) is 20.1 Å². The Kier molecular flexibility index (Phi) is 11.1. The van der Waals surface area contributed by atoms with E-state index in [1.807, 2.05) is 31.4 Å². The van der Waals surface area contributed by atoms with Crippen LogP contribution in [0.1, 0.15) is 33.3 Å². The quantitative estimate of drug-likeness (QED) is 0.328. The molecule has 154 valence electrons. The number of aromatic nitrogens is 1. The van der Waals surface area contributed by atoms with Gasteiger partial charge < -0.3 is 10.6 Å². The largest absolute Gasteiger partial charge is 0.355 e. The van der Waals surface area contributed by atoms with Gasteiger partial charge in [0.2, 0.25) is 0 Å². The van der Waals surface area contributed by atoms with E-state index in [4.69, 9.17) is 0 Å². The van der Waals surface area contributed by atoms with Gasteiger partial charge in [-0.3, -0.25) is 14.9 Å². The molecule has 0 amide bonds. The Morgan fingerprint density at radius 2 is 1.79 bits per heavy atom. The molecule has 0 saturated carbocycles. The number of hydrogen-bond donors (Lipinski definition) is 2. The SMILES string of the molecule is CN=C(NCCN(C(C)C)C(C)C)NCc1cccc(-c2ccccn2)c1.I. The van der Waals surface area contributed by atoms with E-state index in [2.05, 4.69) is 77.5 Å². The standard InChI is InChI=1S/C22H33N5.HI/c1-17(2)27(18(3)4)14-13-25-22(23-5)26-16-19-9-8-10-20(15-19)21-11-6-7-12-24-21;/h6-12,15,17-18H,13-14,16H2,1-5H3,(H2,23,25,26);1H. The van der Waals surface area contributed by atoms with E-state index in [0.717, 1.165) is 36.9 Å². The zero-order valence-corrected chi connectivity index (χ0v) is 20.0. The highest BCUT2D eigenvalue weighted by Crippen LogP contribution is 2.17. The summed E-state index contributed by atoms with van der Waals surface area (Å²) >= 11 is 0. The van der Waals surface area contributed by atoms with E-state index in [-0.39, 0.29) is 24.0 Å². The first-order valence-electron chi connectivity index (χ1n) is 9.72. The van der Waals surface area contributed by atoms with E-state index in [9.17, 15) is 0 Å². The number of hydrogen-bond acceptors (Lipinski definition) is 3. The number of guanidine groups is 1. The number of pyridine rings is 1. The summed E-state index contributed by atoms with van der Waals surface area (Å²) in [4.78, 5) is 11.2. The zero-order chi connectivity index (χ0) is 19.6. The van der Waals surface area contributed by atoms with Crippen LogP contribution in [-0.4, -0.2) is 48.1 Å². The van der Waals surface area contributed by atoms with Crippen molar-refractivity contribution >= 4 is 29.9 Å². The fourth-order valence-corrected chi connectivity index (χ4v) is 3.20. The first-order valence-corrected chi connectivity index (χ1v) is 9.72. The summed E-state index contributed by atoms with van der Waals surface area (Å²) in [6, 6.07) is 15.5. The van der Waals surface area contributed by atoms with Crippen LogP contribution >= 0.6 is 24.0 Å². The van der Waals surface area contributed by atoms with Gasteiger partial charge in [-0.15, -0.1) is 24.0 Å². The lowest BCUT2D eigenvalue weighted by molar-refractivity contribution is 0.178. The smallest absolute Gasteiger partial charge is 0.191 e. The van der Waals surface area contributed by atoms with Crippen molar-refractivity contribution in [2.45, 2.75) is 46.3 Å². The summed E-state index contributed by atoms with van der Waals surface area (Å²) in [7, 11) is 1.81. The minimum atomic E-state index is 0. The summed E-state index contributed by atoms with van der Waals surface area (Å²) in [6.07, 6.45) is 1.82. The molecule has 0 bridgehead atoms. The first kappa shape index (κ1) is 24.4. The van der Waals surface area contributed by atoms with Crippen LogP contribution in [0.3, 0.4) is 0 Å². The molecule has 5 nitrogen and oxygen atoms in total. The van der Waals surface area contributed by atoms with Crippen LogP contribution in [0.5, 0.6) is 0 Å². The molecule has 2 rings (SSSR count). The number of rotatable bonds is 8. The van der Waals surface area contributed by atoms with Crippen molar-refractivity contribution in [2.24, 2.45) is 4.99 Å². The summed E-state index contributed by atoms with van der Waals surface area (Å²) in [5, 5.41) is 6.81. The second kappa shape index (κ2) is 12.7. The molecule has 2 N–H and O–H groups in total. The molecule has 0 aliphatic carbocycles. The Balaban J connectivity index is 0.00000392. The Morgan fingerprint density at radius 1 is 1.04 bits per heavy atom. The fraction of sp³-hybridized carbons (Fsp3) is 0.455. The zero-order valence-electron chi connectivity index (χ0n) is 17.6. The van der Waals surface area contributed by atoms with Crippen molar-refractivity contribution in [1.29, 1.82) is 0 Å². The first-order chi connectivity index (χ1) is 13.0. The average molecular weight is 495 g/mol. The molecule has 1 aromatic carbocycles. The van der Waals surface area contributed by atoms with E-state index in [0.29, 0.717) is 12.1 Å². The van der Waals surface area contributed by atoms with Crippen molar-refractivity contribution < 1.29 is 0 Å². The molecule has 28 heavy (non-hydrogen) atoms. The average Bonchev–Trinajstić information content (AvgIpc) is 2.67. The Labute approximate surface area is 187 Å². The van der Waals surface area contributed by atoms with Gasteiger partial charge in [-0.1, -0.05) is 24.3 Å². The maximum absolute atomic E-state index is 4.43. The molecule has 0 aliphatic heterocycles. The monoisotopic (exact) mass is 495 g/mol. The second-order valence-corrected chi connectivity index (χ2v) is 7.19. The third-order valence-corrected chi connectivity index (χ3v) is 4.56. The molecule has 2 aromatic rings. The van der Waals surface area contributed by atoms with Gasteiger partial charge in [-0.25, -0.2) is 0 Å². The molecule has 0 saturated heterocycles. The van der Waals surface area contributed by atoms with Crippen LogP contribution < -0.4 is 10.6 Å². The molecule has 0 aliphatic rings. The number of halogens is 1. The summed E-state index contributed by atoms with van der Waals surface area (Å²) in [5.74, 6) is 0.825. The predicted molar refractivity (Wildman–Crippen MR) is 130 cm³/mol. The molecule has 0 unspecified atom stereocenters. The molecule has 0 fully saturated rings. The van der Waals surface area contributed by atoms with Gasteiger partial charge in [0.25, 0.3) is 0 Å². The minimum absolute atomic E-state index is 0. The maximum Gasteiger partial charge on any atom is 0.191 e. The molecule has 1 aromatic heterocycles. The van der Waals surface area contributed by atoms with Gasteiger partial charge in [-0.2, -0.15) is 0 Å². The fourth-order valence-electron chi connectivity index (χ4n) is 3.20. The molecular formula is C22H34IN5. The van der Waals surface area contributed by atoms with E-state index in [1.165, 1.54) is 5.56 Å². The van der Waals surface area contributed by atoms with E-state index >= 15 is 0 Å². The highest BCUT2D eigenvalue weighted by molar-refractivity contribution is 14.0. The number of aliphatic imine (C=N–C) groups is 1. The van der Waals surface area contributed by atoms with E-state index < -0.39 is 0 Å². The summed E-state index contributed by atoms with van der Waals surface area (Å²) < 4.78 is 0. The lowest BCUT2D eigenvalue weighted by Crippen LogP contribution is -2.45. The molecular weight excluding hydrogens is 461 g/mol. The molecule has 1 heterocycles. The third-order valence-electron chi connectivity index (χ3n) is 4.56.